The number of ketones is 1. The van der Waals surface area contributed by atoms with Gasteiger partial charge in [-0.1, -0.05) is 11.8 Å². The van der Waals surface area contributed by atoms with Crippen LogP contribution in [0.25, 0.3) is 0 Å². The minimum Gasteiger partial charge on any atom is -0.299 e. The lowest BCUT2D eigenvalue weighted by atomic mass is 10.3. The van der Waals surface area contributed by atoms with Gasteiger partial charge >= 0.3 is 5.69 Å². The standard InChI is InChI=1S/C9H13N3O3S/c1-5-8(12(14)15)9(11(4)10-5)16-7(3)6(2)13/h7H,1-4H3. The van der Waals surface area contributed by atoms with Crippen LogP contribution in [0, 0.1) is 17.0 Å². The van der Waals surface area contributed by atoms with Gasteiger partial charge in [0.2, 0.25) is 0 Å². The van der Waals surface area contributed by atoms with Crippen molar-refractivity contribution >= 4 is 23.2 Å². The number of rotatable bonds is 4. The average Bonchev–Trinajstić information content (AvgIpc) is 2.41. The smallest absolute Gasteiger partial charge is 0.299 e. The normalized spacial score (nSPS) is 12.5. The summed E-state index contributed by atoms with van der Waals surface area (Å²) in [5, 5.41) is 15.0. The van der Waals surface area contributed by atoms with E-state index in [-0.39, 0.29) is 16.7 Å². The van der Waals surface area contributed by atoms with Gasteiger partial charge in [-0.05, 0) is 20.8 Å². The maximum absolute atomic E-state index is 11.1. The first-order chi connectivity index (χ1) is 7.34. The van der Waals surface area contributed by atoms with Gasteiger partial charge < -0.3 is 0 Å². The van der Waals surface area contributed by atoms with Crippen molar-refractivity contribution < 1.29 is 9.72 Å². The molecule has 0 aliphatic carbocycles. The number of thioether (sulfide) groups is 1. The molecule has 0 aromatic carbocycles. The Kier molecular flexibility index (Phi) is 3.69. The molecule has 0 saturated heterocycles. The third kappa shape index (κ3) is 2.41. The SMILES string of the molecule is CC(=O)C(C)Sc1c([N+](=O)[O-])c(C)nn1C. The van der Waals surface area contributed by atoms with E-state index in [0.717, 1.165) is 11.8 Å². The van der Waals surface area contributed by atoms with Gasteiger partial charge in [0.05, 0.1) is 10.2 Å². The third-order valence-electron chi connectivity index (χ3n) is 2.18. The fraction of sp³-hybridized carbons (Fsp3) is 0.556. The van der Waals surface area contributed by atoms with Crippen molar-refractivity contribution in [2.45, 2.75) is 31.0 Å². The highest BCUT2D eigenvalue weighted by molar-refractivity contribution is 8.00. The van der Waals surface area contributed by atoms with E-state index < -0.39 is 4.92 Å². The molecule has 1 heterocycles. The zero-order valence-electron chi connectivity index (χ0n) is 9.55. The Bertz CT molecular complexity index is 441. The van der Waals surface area contributed by atoms with Crippen LogP contribution >= 0.6 is 11.8 Å². The Balaban J connectivity index is 3.12. The largest absolute Gasteiger partial charge is 0.323 e. The van der Waals surface area contributed by atoms with E-state index in [1.54, 1.807) is 20.9 Å². The molecule has 1 aromatic rings. The second kappa shape index (κ2) is 4.65. The predicted molar refractivity (Wildman–Crippen MR) is 60.6 cm³/mol. The minimum atomic E-state index is -0.461. The first-order valence-electron chi connectivity index (χ1n) is 4.69. The lowest BCUT2D eigenvalue weighted by Crippen LogP contribution is -2.09. The van der Waals surface area contributed by atoms with E-state index in [0.29, 0.717) is 10.7 Å². The first-order valence-corrected chi connectivity index (χ1v) is 5.57. The zero-order valence-corrected chi connectivity index (χ0v) is 10.4. The molecule has 16 heavy (non-hydrogen) atoms. The number of hydrogen-bond donors (Lipinski definition) is 0. The molecule has 0 amide bonds. The van der Waals surface area contributed by atoms with Crippen LogP contribution in [0.15, 0.2) is 5.03 Å². The Morgan fingerprint density at radius 3 is 2.62 bits per heavy atom. The van der Waals surface area contributed by atoms with Crippen LogP contribution in [0.4, 0.5) is 5.69 Å². The van der Waals surface area contributed by atoms with E-state index >= 15 is 0 Å². The Morgan fingerprint density at radius 1 is 1.62 bits per heavy atom. The number of carbonyl (C=O) groups is 1. The molecule has 88 valence electrons. The number of Topliss-reactive ketones (excluding diaryl/α,β-unsaturated/α-hetero) is 1. The molecular weight excluding hydrogens is 230 g/mol. The van der Waals surface area contributed by atoms with Gasteiger partial charge in [-0.3, -0.25) is 19.6 Å². The quantitative estimate of drug-likeness (QED) is 0.457. The second-order valence-electron chi connectivity index (χ2n) is 3.49. The number of hydrogen-bond acceptors (Lipinski definition) is 5. The molecule has 0 radical (unpaired) electrons. The summed E-state index contributed by atoms with van der Waals surface area (Å²) >= 11 is 1.16. The summed E-state index contributed by atoms with van der Waals surface area (Å²) in [5.41, 5.74) is 0.353. The molecule has 1 rings (SSSR count). The van der Waals surface area contributed by atoms with Crippen molar-refractivity contribution in [2.75, 3.05) is 0 Å². The number of aryl methyl sites for hydroxylation is 2. The lowest BCUT2D eigenvalue weighted by molar-refractivity contribution is -0.388. The van der Waals surface area contributed by atoms with Gasteiger partial charge in [-0.2, -0.15) is 5.10 Å². The fourth-order valence-electron chi connectivity index (χ4n) is 1.22. The van der Waals surface area contributed by atoms with Crippen molar-refractivity contribution in [3.63, 3.8) is 0 Å². The van der Waals surface area contributed by atoms with Crippen molar-refractivity contribution in [3.05, 3.63) is 15.8 Å². The van der Waals surface area contributed by atoms with Crippen LogP contribution in [0.5, 0.6) is 0 Å². The van der Waals surface area contributed by atoms with Crippen LogP contribution in [0.2, 0.25) is 0 Å². The molecule has 0 bridgehead atoms. The Labute approximate surface area is 97.2 Å². The van der Waals surface area contributed by atoms with Gasteiger partial charge in [0.1, 0.15) is 11.5 Å². The molecule has 0 saturated carbocycles. The highest BCUT2D eigenvalue weighted by Crippen LogP contribution is 2.34. The lowest BCUT2D eigenvalue weighted by Gasteiger charge is -2.06. The van der Waals surface area contributed by atoms with Crippen molar-refractivity contribution in [1.82, 2.24) is 9.78 Å². The molecule has 6 nitrogen and oxygen atoms in total. The van der Waals surface area contributed by atoms with Crippen LogP contribution in [-0.2, 0) is 11.8 Å². The maximum Gasteiger partial charge on any atom is 0.323 e. The molecular formula is C9H13N3O3S. The summed E-state index contributed by atoms with van der Waals surface area (Å²) in [6.07, 6.45) is 0. The van der Waals surface area contributed by atoms with E-state index in [4.69, 9.17) is 0 Å². The number of nitrogens with zero attached hydrogens (tertiary/aromatic N) is 3. The van der Waals surface area contributed by atoms with Crippen molar-refractivity contribution in [2.24, 2.45) is 7.05 Å². The first kappa shape index (κ1) is 12.7. The van der Waals surface area contributed by atoms with Crippen molar-refractivity contribution in [3.8, 4) is 0 Å². The second-order valence-corrected chi connectivity index (χ2v) is 4.82. The third-order valence-corrected chi connectivity index (χ3v) is 3.55. The van der Waals surface area contributed by atoms with Crippen LogP contribution in [0.3, 0.4) is 0 Å². The summed E-state index contributed by atoms with van der Waals surface area (Å²) in [6, 6.07) is 0. The van der Waals surface area contributed by atoms with E-state index in [9.17, 15) is 14.9 Å². The van der Waals surface area contributed by atoms with E-state index in [1.807, 2.05) is 0 Å². The van der Waals surface area contributed by atoms with Crippen molar-refractivity contribution in [1.29, 1.82) is 0 Å². The fourth-order valence-corrected chi connectivity index (χ4v) is 2.25. The summed E-state index contributed by atoms with van der Waals surface area (Å²) in [5.74, 6) is -0.0156. The van der Waals surface area contributed by atoms with E-state index in [2.05, 4.69) is 5.10 Å². The number of carbonyl (C=O) groups excluding carboxylic acids is 1. The molecule has 0 N–H and O–H groups in total. The molecule has 7 heteroatoms. The Hall–Kier alpha value is -1.37. The number of aromatic nitrogens is 2. The molecule has 0 spiro atoms. The zero-order chi connectivity index (χ0) is 12.5. The number of nitro groups is 1. The van der Waals surface area contributed by atoms with Gasteiger partial charge in [0.15, 0.2) is 5.03 Å². The van der Waals surface area contributed by atoms with E-state index in [1.165, 1.54) is 11.6 Å². The monoisotopic (exact) mass is 243 g/mol. The molecule has 0 fully saturated rings. The molecule has 1 aromatic heterocycles. The molecule has 0 aliphatic rings. The maximum atomic E-state index is 11.1. The summed E-state index contributed by atoms with van der Waals surface area (Å²) in [7, 11) is 1.63. The van der Waals surface area contributed by atoms with Gasteiger partial charge in [0.25, 0.3) is 0 Å². The average molecular weight is 243 g/mol. The Morgan fingerprint density at radius 2 is 2.19 bits per heavy atom. The summed E-state index contributed by atoms with van der Waals surface area (Å²) in [4.78, 5) is 21.5. The minimum absolute atomic E-state index is 0.0133. The summed E-state index contributed by atoms with van der Waals surface area (Å²) in [6.45, 7) is 4.77. The molecule has 0 aliphatic heterocycles. The van der Waals surface area contributed by atoms with Gasteiger partial charge in [-0.25, -0.2) is 0 Å². The predicted octanol–water partition coefficient (Wildman–Crippen LogP) is 1.71. The highest BCUT2D eigenvalue weighted by Gasteiger charge is 2.26. The topological polar surface area (TPSA) is 78.0 Å². The van der Waals surface area contributed by atoms with Crippen LogP contribution in [0.1, 0.15) is 19.5 Å². The molecule has 1 atom stereocenters. The van der Waals surface area contributed by atoms with Gasteiger partial charge in [-0.15, -0.1) is 0 Å². The van der Waals surface area contributed by atoms with Crippen LogP contribution in [-0.4, -0.2) is 25.7 Å². The summed E-state index contributed by atoms with van der Waals surface area (Å²) < 4.78 is 1.44. The highest BCUT2D eigenvalue weighted by atomic mass is 32.2. The molecule has 1 unspecified atom stereocenters. The van der Waals surface area contributed by atoms with Gasteiger partial charge in [0, 0.05) is 7.05 Å². The van der Waals surface area contributed by atoms with Crippen LogP contribution < -0.4 is 0 Å².